The van der Waals surface area contributed by atoms with Gasteiger partial charge in [-0.1, -0.05) is 0 Å². The third-order valence-corrected chi connectivity index (χ3v) is 1.65. The van der Waals surface area contributed by atoms with Gasteiger partial charge in [0.1, 0.15) is 11.7 Å². The molecule has 0 amide bonds. The van der Waals surface area contributed by atoms with Crippen LogP contribution in [-0.4, -0.2) is 21.7 Å². The molecule has 0 aliphatic carbocycles. The number of nitriles is 1. The average molecular weight is 177 g/mol. The monoisotopic (exact) mass is 177 g/mol. The lowest BCUT2D eigenvalue weighted by Crippen LogP contribution is -2.08. The Labute approximate surface area is 76.9 Å². The second kappa shape index (κ2) is 3.97. The molecule has 1 unspecified atom stereocenters. The van der Waals surface area contributed by atoms with Gasteiger partial charge in [-0.3, -0.25) is 0 Å². The zero-order valence-electron chi connectivity index (χ0n) is 7.65. The van der Waals surface area contributed by atoms with Crippen LogP contribution >= 0.6 is 0 Å². The number of aliphatic hydroxyl groups is 1. The number of hydrogen-bond acceptors (Lipinski definition) is 4. The molecule has 1 heterocycles. The van der Waals surface area contributed by atoms with Crippen molar-refractivity contribution >= 4 is 0 Å². The van der Waals surface area contributed by atoms with Gasteiger partial charge in [0.05, 0.1) is 12.7 Å². The minimum atomic E-state index is -0.612. The van der Waals surface area contributed by atoms with Crippen LogP contribution in [0.5, 0.6) is 0 Å². The first kappa shape index (κ1) is 9.62. The number of aryl methyl sites for hydroxylation is 2. The highest BCUT2D eigenvalue weighted by molar-refractivity contribution is 5.15. The molecule has 0 spiro atoms. The predicted molar refractivity (Wildman–Crippen MR) is 46.9 cm³/mol. The van der Waals surface area contributed by atoms with Crippen LogP contribution in [0.2, 0.25) is 0 Å². The Morgan fingerprint density at radius 2 is 2.00 bits per heavy atom. The SMILES string of the molecule is Cc1cc(C)nc(C(C#N)CO)n1. The number of aromatic nitrogens is 2. The lowest BCUT2D eigenvalue weighted by Gasteiger charge is -2.05. The van der Waals surface area contributed by atoms with Crippen LogP contribution in [0.15, 0.2) is 6.07 Å². The van der Waals surface area contributed by atoms with E-state index in [2.05, 4.69) is 9.97 Å². The molecule has 0 radical (unpaired) electrons. The summed E-state index contributed by atoms with van der Waals surface area (Å²) >= 11 is 0. The standard InChI is InChI=1S/C9H11N3O/c1-6-3-7(2)12-9(11-6)8(4-10)5-13/h3,8,13H,5H2,1-2H3. The van der Waals surface area contributed by atoms with E-state index in [1.54, 1.807) is 0 Å². The summed E-state index contributed by atoms with van der Waals surface area (Å²) in [5.74, 6) is -0.207. The summed E-state index contributed by atoms with van der Waals surface area (Å²) in [6.45, 7) is 3.44. The zero-order valence-corrected chi connectivity index (χ0v) is 7.65. The Morgan fingerprint density at radius 3 is 2.38 bits per heavy atom. The van der Waals surface area contributed by atoms with Gasteiger partial charge in [-0.2, -0.15) is 5.26 Å². The van der Waals surface area contributed by atoms with Crippen molar-refractivity contribution in [2.24, 2.45) is 0 Å². The van der Waals surface area contributed by atoms with Crippen LogP contribution in [0.3, 0.4) is 0 Å². The molecular weight excluding hydrogens is 166 g/mol. The first-order valence-corrected chi connectivity index (χ1v) is 4.00. The molecule has 0 bridgehead atoms. The second-order valence-corrected chi connectivity index (χ2v) is 2.87. The Bertz CT molecular complexity index is 323. The summed E-state index contributed by atoms with van der Waals surface area (Å²) in [5, 5.41) is 17.5. The molecular formula is C9H11N3O. The molecule has 0 saturated carbocycles. The summed E-state index contributed by atoms with van der Waals surface area (Å²) in [5.41, 5.74) is 1.63. The van der Waals surface area contributed by atoms with E-state index >= 15 is 0 Å². The van der Waals surface area contributed by atoms with E-state index < -0.39 is 5.92 Å². The largest absolute Gasteiger partial charge is 0.395 e. The maximum atomic E-state index is 8.86. The molecule has 0 saturated heterocycles. The molecule has 0 aliphatic rings. The van der Waals surface area contributed by atoms with E-state index in [0.29, 0.717) is 5.82 Å². The summed E-state index contributed by atoms with van der Waals surface area (Å²) in [6.07, 6.45) is 0. The molecule has 1 atom stereocenters. The van der Waals surface area contributed by atoms with Crippen molar-refractivity contribution in [3.05, 3.63) is 23.3 Å². The van der Waals surface area contributed by atoms with E-state index in [9.17, 15) is 0 Å². The third-order valence-electron chi connectivity index (χ3n) is 1.65. The zero-order chi connectivity index (χ0) is 9.84. The quantitative estimate of drug-likeness (QED) is 0.721. The number of rotatable bonds is 2. The van der Waals surface area contributed by atoms with Gasteiger partial charge in [0.25, 0.3) is 0 Å². The number of aliphatic hydroxyl groups excluding tert-OH is 1. The fourth-order valence-electron chi connectivity index (χ4n) is 1.09. The van der Waals surface area contributed by atoms with E-state index in [0.717, 1.165) is 11.4 Å². The van der Waals surface area contributed by atoms with Gasteiger partial charge in [0.15, 0.2) is 0 Å². The molecule has 1 rings (SSSR count). The fourth-order valence-corrected chi connectivity index (χ4v) is 1.09. The van der Waals surface area contributed by atoms with Crippen molar-refractivity contribution in [1.82, 2.24) is 9.97 Å². The summed E-state index contributed by atoms with van der Waals surface area (Å²) in [4.78, 5) is 8.16. The first-order valence-electron chi connectivity index (χ1n) is 4.00. The molecule has 4 heteroatoms. The maximum Gasteiger partial charge on any atom is 0.148 e. The van der Waals surface area contributed by atoms with Gasteiger partial charge in [0, 0.05) is 11.4 Å². The van der Waals surface area contributed by atoms with E-state index in [-0.39, 0.29) is 6.61 Å². The van der Waals surface area contributed by atoms with Crippen molar-refractivity contribution in [3.63, 3.8) is 0 Å². The normalized spacial score (nSPS) is 12.2. The van der Waals surface area contributed by atoms with E-state index in [4.69, 9.17) is 10.4 Å². The highest BCUT2D eigenvalue weighted by Crippen LogP contribution is 2.10. The van der Waals surface area contributed by atoms with Crippen LogP contribution in [0.25, 0.3) is 0 Å². The molecule has 1 aromatic rings. The maximum absolute atomic E-state index is 8.86. The Morgan fingerprint density at radius 1 is 1.46 bits per heavy atom. The Kier molecular flexibility index (Phi) is 2.93. The van der Waals surface area contributed by atoms with Gasteiger partial charge in [-0.25, -0.2) is 9.97 Å². The summed E-state index contributed by atoms with van der Waals surface area (Å²) in [6, 6.07) is 3.78. The number of hydrogen-bond donors (Lipinski definition) is 1. The van der Waals surface area contributed by atoms with E-state index in [1.165, 1.54) is 0 Å². The fraction of sp³-hybridized carbons (Fsp3) is 0.444. The lowest BCUT2D eigenvalue weighted by molar-refractivity contribution is 0.282. The van der Waals surface area contributed by atoms with Crippen molar-refractivity contribution in [3.8, 4) is 6.07 Å². The van der Waals surface area contributed by atoms with Crippen LogP contribution < -0.4 is 0 Å². The smallest absolute Gasteiger partial charge is 0.148 e. The van der Waals surface area contributed by atoms with Crippen LogP contribution in [0.1, 0.15) is 23.1 Å². The molecule has 4 nitrogen and oxygen atoms in total. The van der Waals surface area contributed by atoms with Gasteiger partial charge in [-0.05, 0) is 19.9 Å². The van der Waals surface area contributed by atoms with Crippen LogP contribution in [-0.2, 0) is 0 Å². The first-order chi connectivity index (χ1) is 6.17. The summed E-state index contributed by atoms with van der Waals surface area (Å²) < 4.78 is 0. The van der Waals surface area contributed by atoms with E-state index in [1.807, 2.05) is 26.0 Å². The Hall–Kier alpha value is -1.47. The lowest BCUT2D eigenvalue weighted by atomic mass is 10.1. The summed E-state index contributed by atoms with van der Waals surface area (Å²) in [7, 11) is 0. The average Bonchev–Trinajstić information content (AvgIpc) is 2.04. The molecule has 0 aliphatic heterocycles. The third kappa shape index (κ3) is 2.23. The van der Waals surface area contributed by atoms with Gasteiger partial charge in [0.2, 0.25) is 0 Å². The predicted octanol–water partition coefficient (Wildman–Crippen LogP) is 0.693. The molecule has 68 valence electrons. The highest BCUT2D eigenvalue weighted by Gasteiger charge is 2.12. The van der Waals surface area contributed by atoms with Gasteiger partial charge < -0.3 is 5.11 Å². The topological polar surface area (TPSA) is 69.8 Å². The molecule has 0 fully saturated rings. The van der Waals surface area contributed by atoms with Crippen molar-refractivity contribution in [2.75, 3.05) is 6.61 Å². The molecule has 1 N–H and O–H groups in total. The Balaban J connectivity index is 3.08. The van der Waals surface area contributed by atoms with Crippen LogP contribution in [0.4, 0.5) is 0 Å². The number of nitrogens with zero attached hydrogens (tertiary/aromatic N) is 3. The highest BCUT2D eigenvalue weighted by atomic mass is 16.3. The minimum absolute atomic E-state index is 0.237. The van der Waals surface area contributed by atoms with Crippen molar-refractivity contribution in [2.45, 2.75) is 19.8 Å². The van der Waals surface area contributed by atoms with Gasteiger partial charge in [-0.15, -0.1) is 0 Å². The molecule has 1 aromatic heterocycles. The molecule has 13 heavy (non-hydrogen) atoms. The van der Waals surface area contributed by atoms with Gasteiger partial charge >= 0.3 is 0 Å². The van der Waals surface area contributed by atoms with Crippen molar-refractivity contribution < 1.29 is 5.11 Å². The van der Waals surface area contributed by atoms with Crippen molar-refractivity contribution in [1.29, 1.82) is 5.26 Å². The molecule has 0 aromatic carbocycles. The minimum Gasteiger partial charge on any atom is -0.395 e. The van der Waals surface area contributed by atoms with Crippen LogP contribution in [0, 0.1) is 25.2 Å². The second-order valence-electron chi connectivity index (χ2n) is 2.87.